The van der Waals surface area contributed by atoms with E-state index in [4.69, 9.17) is 4.74 Å². The van der Waals surface area contributed by atoms with E-state index in [9.17, 15) is 9.18 Å². The fraction of sp³-hybridized carbons (Fsp3) is 0.208. The lowest BCUT2D eigenvalue weighted by Crippen LogP contribution is -2.25. The number of likely N-dealkylation sites (N-methyl/N-ethyl adjacent to an activating group) is 2. The lowest BCUT2D eigenvalue weighted by Gasteiger charge is -2.18. The summed E-state index contributed by atoms with van der Waals surface area (Å²) in [5.74, 6) is -0.941. The summed E-state index contributed by atoms with van der Waals surface area (Å²) in [6, 6.07) is 6.99. The third-order valence-electron chi connectivity index (χ3n) is 5.16. The van der Waals surface area contributed by atoms with Crippen molar-refractivity contribution in [2.45, 2.75) is 6.92 Å². The zero-order valence-electron chi connectivity index (χ0n) is 18.7. The summed E-state index contributed by atoms with van der Waals surface area (Å²) < 4.78 is 36.3. The highest BCUT2D eigenvalue weighted by Crippen LogP contribution is 2.32. The molecule has 0 spiro atoms. The van der Waals surface area contributed by atoms with E-state index >= 15 is 4.39 Å². The topological polar surface area (TPSA) is 63.0 Å². The van der Waals surface area contributed by atoms with Crippen LogP contribution in [0.4, 0.5) is 14.5 Å². The van der Waals surface area contributed by atoms with E-state index in [0.29, 0.717) is 28.8 Å². The molecule has 7 nitrogen and oxygen atoms in total. The monoisotopic (exact) mass is 451 g/mol. The zero-order valence-corrected chi connectivity index (χ0v) is 18.7. The summed E-state index contributed by atoms with van der Waals surface area (Å²) in [5, 5.41) is 0. The number of imidazole rings is 1. The summed E-state index contributed by atoms with van der Waals surface area (Å²) in [7, 11) is 5.28. The molecule has 4 aromatic rings. The molecule has 0 aliphatic rings. The standard InChI is InChI=1S/C24H23F2N5O2/c1-15-7-8-16(25)10-22(15)33-24-21-13-27-14-31(21)20-12-19(17(26)11-18(20)28-24)30(4)23(32)6-5-9-29(2)3/h5-8,10-14H,9H2,1-4H3. The molecule has 0 saturated carbocycles. The maximum Gasteiger partial charge on any atom is 0.250 e. The summed E-state index contributed by atoms with van der Waals surface area (Å²) in [6.07, 6.45) is 6.22. The van der Waals surface area contributed by atoms with Crippen LogP contribution in [-0.2, 0) is 4.79 Å². The van der Waals surface area contributed by atoms with Crippen LogP contribution < -0.4 is 9.64 Å². The van der Waals surface area contributed by atoms with Gasteiger partial charge in [-0.1, -0.05) is 12.1 Å². The number of halogens is 2. The van der Waals surface area contributed by atoms with Crippen molar-refractivity contribution >= 4 is 28.1 Å². The Morgan fingerprint density at radius 1 is 1.15 bits per heavy atom. The second kappa shape index (κ2) is 8.95. The number of fused-ring (bicyclic) bond motifs is 3. The van der Waals surface area contributed by atoms with Gasteiger partial charge in [-0.2, -0.15) is 0 Å². The van der Waals surface area contributed by atoms with Crippen LogP contribution >= 0.6 is 0 Å². The van der Waals surface area contributed by atoms with Crippen LogP contribution in [0.1, 0.15) is 5.56 Å². The van der Waals surface area contributed by atoms with Crippen molar-refractivity contribution in [2.75, 3.05) is 32.6 Å². The Morgan fingerprint density at radius 3 is 2.70 bits per heavy atom. The Hall–Kier alpha value is -3.85. The zero-order chi connectivity index (χ0) is 23.7. The highest BCUT2D eigenvalue weighted by Gasteiger charge is 2.18. The lowest BCUT2D eigenvalue weighted by molar-refractivity contribution is -0.113. The third-order valence-corrected chi connectivity index (χ3v) is 5.16. The molecule has 0 saturated heterocycles. The van der Waals surface area contributed by atoms with Gasteiger partial charge < -0.3 is 14.5 Å². The molecule has 9 heteroatoms. The molecule has 2 heterocycles. The Labute approximate surface area is 189 Å². The molecule has 2 aromatic heterocycles. The van der Waals surface area contributed by atoms with Gasteiger partial charge in [0.2, 0.25) is 5.88 Å². The van der Waals surface area contributed by atoms with Crippen molar-refractivity contribution in [1.29, 1.82) is 0 Å². The molecule has 0 aliphatic heterocycles. The van der Waals surface area contributed by atoms with Gasteiger partial charge >= 0.3 is 0 Å². The van der Waals surface area contributed by atoms with Gasteiger partial charge in [0, 0.05) is 31.8 Å². The van der Waals surface area contributed by atoms with Gasteiger partial charge in [-0.15, -0.1) is 0 Å². The first kappa shape index (κ1) is 22.3. The quantitative estimate of drug-likeness (QED) is 0.408. The van der Waals surface area contributed by atoms with Crippen molar-refractivity contribution < 1.29 is 18.3 Å². The van der Waals surface area contributed by atoms with Crippen LogP contribution in [0.2, 0.25) is 0 Å². The summed E-state index contributed by atoms with van der Waals surface area (Å²) in [6.45, 7) is 2.38. The van der Waals surface area contributed by atoms with Crippen molar-refractivity contribution in [3.05, 3.63) is 72.2 Å². The fourth-order valence-electron chi connectivity index (χ4n) is 3.35. The van der Waals surface area contributed by atoms with Crippen LogP contribution in [0.3, 0.4) is 0 Å². The third kappa shape index (κ3) is 4.54. The van der Waals surface area contributed by atoms with E-state index < -0.39 is 11.6 Å². The highest BCUT2D eigenvalue weighted by atomic mass is 19.1. The summed E-state index contributed by atoms with van der Waals surface area (Å²) in [4.78, 5) is 24.3. The Bertz CT molecular complexity index is 1380. The molecule has 1 amide bonds. The van der Waals surface area contributed by atoms with Crippen LogP contribution in [0.15, 0.2) is 55.0 Å². The van der Waals surface area contributed by atoms with Crippen molar-refractivity contribution in [1.82, 2.24) is 19.3 Å². The van der Waals surface area contributed by atoms with Crippen LogP contribution in [0.25, 0.3) is 16.6 Å². The molecule has 0 fully saturated rings. The summed E-state index contributed by atoms with van der Waals surface area (Å²) >= 11 is 0. The van der Waals surface area contributed by atoms with E-state index in [-0.39, 0.29) is 17.5 Å². The van der Waals surface area contributed by atoms with Crippen molar-refractivity contribution in [3.8, 4) is 11.6 Å². The van der Waals surface area contributed by atoms with Gasteiger partial charge in [0.15, 0.2) is 0 Å². The molecule has 0 bridgehead atoms. The van der Waals surface area contributed by atoms with Gasteiger partial charge in [-0.3, -0.25) is 9.20 Å². The van der Waals surface area contributed by atoms with E-state index in [1.807, 2.05) is 19.0 Å². The largest absolute Gasteiger partial charge is 0.437 e. The molecular formula is C24H23F2N5O2. The van der Waals surface area contributed by atoms with Crippen LogP contribution in [-0.4, -0.2) is 52.9 Å². The predicted octanol–water partition coefficient (Wildman–Crippen LogP) is 4.34. The molecular weight excluding hydrogens is 428 g/mol. The van der Waals surface area contributed by atoms with Gasteiger partial charge in [0.1, 0.15) is 22.9 Å². The maximum atomic E-state index is 15.0. The van der Waals surface area contributed by atoms with E-state index in [1.165, 1.54) is 36.2 Å². The molecule has 0 atom stereocenters. The first-order valence-corrected chi connectivity index (χ1v) is 10.2. The average molecular weight is 451 g/mol. The predicted molar refractivity (Wildman–Crippen MR) is 123 cm³/mol. The second-order valence-corrected chi connectivity index (χ2v) is 7.93. The normalized spacial score (nSPS) is 11.7. The highest BCUT2D eigenvalue weighted by molar-refractivity contribution is 6.02. The number of hydrogen-bond donors (Lipinski definition) is 0. The maximum absolute atomic E-state index is 15.0. The first-order valence-electron chi connectivity index (χ1n) is 10.2. The SMILES string of the molecule is Cc1ccc(F)cc1Oc1nc2cc(F)c(N(C)C(=O)C=CCN(C)C)cc2n2cncc12. The number of aryl methyl sites for hydroxylation is 1. The molecule has 2 aromatic carbocycles. The number of anilines is 1. The second-order valence-electron chi connectivity index (χ2n) is 7.93. The Balaban J connectivity index is 1.76. The number of rotatable bonds is 6. The molecule has 0 N–H and O–H groups in total. The van der Waals surface area contributed by atoms with Crippen molar-refractivity contribution in [2.24, 2.45) is 0 Å². The number of aromatic nitrogens is 3. The Morgan fingerprint density at radius 2 is 1.94 bits per heavy atom. The van der Waals surface area contributed by atoms with Crippen LogP contribution in [0, 0.1) is 18.6 Å². The van der Waals surface area contributed by atoms with E-state index in [2.05, 4.69) is 9.97 Å². The summed E-state index contributed by atoms with van der Waals surface area (Å²) in [5.41, 5.74) is 2.19. The number of benzene rings is 2. The average Bonchev–Trinajstić information content (AvgIpc) is 3.25. The van der Waals surface area contributed by atoms with E-state index in [1.54, 1.807) is 42.1 Å². The first-order chi connectivity index (χ1) is 15.7. The number of ether oxygens (including phenoxy) is 1. The van der Waals surface area contributed by atoms with Gasteiger partial charge in [-0.25, -0.2) is 18.7 Å². The Kier molecular flexibility index (Phi) is 6.06. The fourth-order valence-corrected chi connectivity index (χ4v) is 3.35. The van der Waals surface area contributed by atoms with Gasteiger partial charge in [0.05, 0.1) is 29.2 Å². The lowest BCUT2D eigenvalue weighted by atomic mass is 10.2. The van der Waals surface area contributed by atoms with E-state index in [0.717, 1.165) is 5.56 Å². The molecule has 170 valence electrons. The number of carbonyl (C=O) groups is 1. The number of carbonyl (C=O) groups excluding carboxylic acids is 1. The van der Waals surface area contributed by atoms with Gasteiger partial charge in [-0.05, 0) is 38.7 Å². The molecule has 0 radical (unpaired) electrons. The smallest absolute Gasteiger partial charge is 0.250 e. The number of nitrogens with zero attached hydrogens (tertiary/aromatic N) is 5. The molecule has 0 unspecified atom stereocenters. The minimum Gasteiger partial charge on any atom is -0.437 e. The minimum absolute atomic E-state index is 0.105. The molecule has 0 aliphatic carbocycles. The number of hydrogen-bond acceptors (Lipinski definition) is 5. The van der Waals surface area contributed by atoms with Crippen LogP contribution in [0.5, 0.6) is 11.6 Å². The minimum atomic E-state index is -0.612. The van der Waals surface area contributed by atoms with Gasteiger partial charge in [0.25, 0.3) is 5.91 Å². The molecule has 33 heavy (non-hydrogen) atoms. The molecule has 4 rings (SSSR count). The van der Waals surface area contributed by atoms with Crippen molar-refractivity contribution in [3.63, 3.8) is 0 Å². The number of amides is 1.